The average molecular weight is 675 g/mol. The van der Waals surface area contributed by atoms with Gasteiger partial charge in [-0.3, -0.25) is 0 Å². The van der Waals surface area contributed by atoms with Crippen LogP contribution >= 0.6 is 0 Å². The summed E-state index contributed by atoms with van der Waals surface area (Å²) in [7, 11) is 2.97. The van der Waals surface area contributed by atoms with Crippen molar-refractivity contribution in [2.24, 2.45) is 0 Å². The molecule has 1 fully saturated rings. The fourth-order valence-electron chi connectivity index (χ4n) is 6.28. The molecule has 2 aromatic heterocycles. The van der Waals surface area contributed by atoms with Gasteiger partial charge in [-0.05, 0) is 65.4 Å². The van der Waals surface area contributed by atoms with Gasteiger partial charge >= 0.3 is 5.97 Å². The predicted octanol–water partition coefficient (Wildman–Crippen LogP) is 5.81. The van der Waals surface area contributed by atoms with Gasteiger partial charge in [0, 0.05) is 31.8 Å². The molecular weight excluding hydrogens is 636 g/mol. The quantitative estimate of drug-likeness (QED) is 0.140. The van der Waals surface area contributed by atoms with Crippen molar-refractivity contribution in [2.75, 3.05) is 40.6 Å². The molecule has 4 heterocycles. The number of esters is 1. The number of fused-ring (bicyclic) bond motifs is 8. The molecule has 0 saturated carbocycles. The number of methoxy groups -OCH3 is 2. The minimum absolute atomic E-state index is 0.0380. The Morgan fingerprint density at radius 3 is 2.70 bits per heavy atom. The molecule has 0 amide bonds. The highest BCUT2D eigenvalue weighted by molar-refractivity contribution is 5.96. The number of nitriles is 1. The number of pyridine rings is 1. The number of nitrogens with zero attached hydrogens (tertiary/aromatic N) is 4. The Morgan fingerprint density at radius 1 is 1.00 bits per heavy atom. The fourth-order valence-corrected chi connectivity index (χ4v) is 6.28. The molecule has 5 aromatic rings. The smallest absolute Gasteiger partial charge is 0.338 e. The van der Waals surface area contributed by atoms with Crippen LogP contribution in [-0.4, -0.2) is 67.3 Å². The van der Waals surface area contributed by atoms with Crippen molar-refractivity contribution in [2.45, 2.75) is 45.1 Å². The Hall–Kier alpha value is -5.28. The second kappa shape index (κ2) is 15.1. The van der Waals surface area contributed by atoms with Gasteiger partial charge in [0.15, 0.2) is 0 Å². The highest BCUT2D eigenvalue weighted by Crippen LogP contribution is 2.32. The van der Waals surface area contributed by atoms with Crippen molar-refractivity contribution in [1.82, 2.24) is 14.5 Å². The van der Waals surface area contributed by atoms with E-state index < -0.39 is 5.97 Å². The van der Waals surface area contributed by atoms with E-state index >= 15 is 0 Å². The van der Waals surface area contributed by atoms with Gasteiger partial charge in [-0.1, -0.05) is 30.3 Å². The summed E-state index contributed by atoms with van der Waals surface area (Å²) in [5, 5.41) is 9.72. The lowest BCUT2D eigenvalue weighted by Gasteiger charge is -2.27. The van der Waals surface area contributed by atoms with Crippen LogP contribution in [0.3, 0.4) is 0 Å². The Balaban J connectivity index is 1.28. The minimum atomic E-state index is -0.459. The molecule has 2 aliphatic heterocycles. The van der Waals surface area contributed by atoms with E-state index in [-0.39, 0.29) is 6.10 Å². The zero-order valence-electron chi connectivity index (χ0n) is 28.1. The number of carbonyl (C=O) groups excluding carboxylic acids is 1. The predicted molar refractivity (Wildman–Crippen MR) is 184 cm³/mol. The molecule has 1 saturated heterocycles. The van der Waals surface area contributed by atoms with Crippen LogP contribution in [0.1, 0.15) is 50.4 Å². The van der Waals surface area contributed by atoms with Crippen LogP contribution in [0.5, 0.6) is 11.6 Å². The molecule has 3 aromatic carbocycles. The van der Waals surface area contributed by atoms with Gasteiger partial charge in [-0.15, -0.1) is 0 Å². The molecule has 0 spiro atoms. The maximum Gasteiger partial charge on any atom is 0.338 e. The summed E-state index contributed by atoms with van der Waals surface area (Å²) in [6.45, 7) is 3.11. The molecule has 7 rings (SSSR count). The average Bonchev–Trinajstić information content (AvgIpc) is 3.47. The normalized spacial score (nSPS) is 15.6. The molecular formula is C39H38N4O7. The third-order valence-corrected chi connectivity index (χ3v) is 9.07. The number of rotatable bonds is 9. The van der Waals surface area contributed by atoms with Crippen molar-refractivity contribution in [3.05, 3.63) is 106 Å². The maximum atomic E-state index is 12.7. The lowest BCUT2D eigenvalue weighted by molar-refractivity contribution is -0.0589. The monoisotopic (exact) mass is 674 g/mol. The minimum Gasteiger partial charge on any atom is -0.489 e. The van der Waals surface area contributed by atoms with Gasteiger partial charge in [-0.2, -0.15) is 5.26 Å². The molecule has 11 nitrogen and oxygen atoms in total. The first-order valence-corrected chi connectivity index (χ1v) is 16.7. The lowest BCUT2D eigenvalue weighted by Crippen LogP contribution is -2.31. The summed E-state index contributed by atoms with van der Waals surface area (Å²) in [5.41, 5.74) is 8.05. The van der Waals surface area contributed by atoms with Crippen LogP contribution in [-0.2, 0) is 51.5 Å². The van der Waals surface area contributed by atoms with Crippen molar-refractivity contribution in [1.29, 1.82) is 5.26 Å². The van der Waals surface area contributed by atoms with E-state index in [1.807, 2.05) is 42.5 Å². The van der Waals surface area contributed by atoms with Gasteiger partial charge in [0.1, 0.15) is 30.3 Å². The Kier molecular flexibility index (Phi) is 10.0. The van der Waals surface area contributed by atoms with E-state index in [0.29, 0.717) is 80.7 Å². The molecule has 11 heteroatoms. The summed E-state index contributed by atoms with van der Waals surface area (Å²) in [4.78, 5) is 22.6. The number of hydrogen-bond donors (Lipinski definition) is 0. The molecule has 50 heavy (non-hydrogen) atoms. The first-order chi connectivity index (χ1) is 24.5. The SMILES string of the molecule is COCCOc1cc(C(=O)OC)cc2c1nc(Cc1ccc3cc1COCCc1cc(ccc1C#N)COc1cccc-3n1)n2C[C@@H]1CCO1. The Morgan fingerprint density at radius 2 is 1.90 bits per heavy atom. The van der Waals surface area contributed by atoms with E-state index in [2.05, 4.69) is 28.8 Å². The number of benzene rings is 3. The summed E-state index contributed by atoms with van der Waals surface area (Å²) in [6.07, 6.45) is 2.05. The second-order valence-corrected chi connectivity index (χ2v) is 12.3. The molecule has 6 bridgehead atoms. The topological polar surface area (TPSA) is 127 Å². The standard InChI is InChI=1S/C39H38N4O7/c1-45-14-15-49-35-19-30(39(44)46-2)18-34-38(35)42-36(43(34)22-32-11-13-48-32)20-26-8-9-28-17-31(26)24-47-12-10-27-16-25(6-7-29(27)21-40)23-50-37-5-3-4-33(28)41-37/h3-9,16-19,32H,10-15,20,22-24H2,1-2H3/t32-/m0/s1. The van der Waals surface area contributed by atoms with Crippen LogP contribution in [0.2, 0.25) is 0 Å². The number of aromatic nitrogens is 3. The number of carbonyl (C=O) groups is 1. The molecule has 0 unspecified atom stereocenters. The van der Waals surface area contributed by atoms with E-state index in [1.54, 1.807) is 13.2 Å². The third kappa shape index (κ3) is 7.19. The van der Waals surface area contributed by atoms with E-state index in [0.717, 1.165) is 57.9 Å². The van der Waals surface area contributed by atoms with Crippen molar-refractivity contribution < 1.29 is 33.2 Å². The molecule has 0 aliphatic carbocycles. The van der Waals surface area contributed by atoms with E-state index in [4.69, 9.17) is 38.4 Å². The van der Waals surface area contributed by atoms with Crippen molar-refractivity contribution in [3.63, 3.8) is 0 Å². The van der Waals surface area contributed by atoms with Crippen molar-refractivity contribution in [3.8, 4) is 29.0 Å². The number of hydrogen-bond acceptors (Lipinski definition) is 10. The van der Waals surface area contributed by atoms with E-state index in [1.165, 1.54) is 7.11 Å². The summed E-state index contributed by atoms with van der Waals surface area (Å²) in [5.74, 6) is 1.35. The van der Waals surface area contributed by atoms with E-state index in [9.17, 15) is 10.1 Å². The summed E-state index contributed by atoms with van der Waals surface area (Å²) in [6, 6.07) is 23.5. The Bertz CT molecular complexity index is 2060. The van der Waals surface area contributed by atoms with Gasteiger partial charge in [-0.25, -0.2) is 14.8 Å². The second-order valence-electron chi connectivity index (χ2n) is 12.3. The van der Waals surface area contributed by atoms with Gasteiger partial charge in [0.25, 0.3) is 0 Å². The van der Waals surface area contributed by atoms with Crippen LogP contribution in [0, 0.1) is 11.3 Å². The van der Waals surface area contributed by atoms with Gasteiger partial charge in [0.2, 0.25) is 5.88 Å². The van der Waals surface area contributed by atoms with Crippen LogP contribution in [0.15, 0.2) is 66.7 Å². The summed E-state index contributed by atoms with van der Waals surface area (Å²) < 4.78 is 36.7. The largest absolute Gasteiger partial charge is 0.489 e. The highest BCUT2D eigenvalue weighted by atomic mass is 16.5. The molecule has 256 valence electrons. The van der Waals surface area contributed by atoms with Crippen LogP contribution in [0.4, 0.5) is 0 Å². The molecule has 2 aliphatic rings. The molecule has 0 radical (unpaired) electrons. The summed E-state index contributed by atoms with van der Waals surface area (Å²) >= 11 is 0. The van der Waals surface area contributed by atoms with Crippen LogP contribution in [0.25, 0.3) is 22.3 Å². The maximum absolute atomic E-state index is 12.7. The van der Waals surface area contributed by atoms with Gasteiger partial charge in [0.05, 0.1) is 68.0 Å². The van der Waals surface area contributed by atoms with Gasteiger partial charge < -0.3 is 33.0 Å². The third-order valence-electron chi connectivity index (χ3n) is 9.07. The molecule has 1 atom stereocenters. The lowest BCUT2D eigenvalue weighted by atomic mass is 9.99. The van der Waals surface area contributed by atoms with Crippen molar-refractivity contribution >= 4 is 17.0 Å². The van der Waals surface area contributed by atoms with Crippen LogP contribution < -0.4 is 9.47 Å². The number of imidazole rings is 1. The zero-order chi connectivity index (χ0) is 34.5. The molecule has 0 N–H and O–H groups in total. The first kappa shape index (κ1) is 33.2. The Labute approximate surface area is 290 Å². The first-order valence-electron chi connectivity index (χ1n) is 16.7. The zero-order valence-corrected chi connectivity index (χ0v) is 28.1. The number of ether oxygens (including phenoxy) is 6. The fraction of sp³-hybridized carbons (Fsp3) is 0.333. The highest BCUT2D eigenvalue weighted by Gasteiger charge is 2.25.